The molecule has 35 atom stereocenters. The van der Waals surface area contributed by atoms with Crippen LogP contribution in [0.4, 0.5) is 0 Å². The third kappa shape index (κ3) is 17.1. The average Bonchev–Trinajstić information content (AvgIpc) is 1.59. The fourth-order valence-corrected chi connectivity index (χ4v) is 11.3. The second-order valence-electron chi connectivity index (χ2n) is 22.4. The summed E-state index contributed by atoms with van der Waals surface area (Å²) < 4.78 is 114. The molecule has 7 saturated heterocycles. The Labute approximate surface area is 505 Å². The van der Waals surface area contributed by atoms with Crippen LogP contribution in [0.1, 0.15) is 34.6 Å². The zero-order chi connectivity index (χ0) is 66.0. The van der Waals surface area contributed by atoms with Gasteiger partial charge < -0.3 is 164 Å². The number of rotatable bonds is 22. The molecule has 89 heavy (non-hydrogen) atoms. The number of nitrogens with one attached hydrogen (secondary N) is 3. The van der Waals surface area contributed by atoms with E-state index in [0.717, 1.165) is 20.8 Å². The molecule has 3 amide bonds. The van der Waals surface area contributed by atoms with Gasteiger partial charge in [0.05, 0.1) is 45.2 Å². The zero-order valence-electron chi connectivity index (χ0n) is 48.0. The van der Waals surface area contributed by atoms with E-state index in [9.17, 15) is 114 Å². The van der Waals surface area contributed by atoms with Gasteiger partial charge in [-0.1, -0.05) is 0 Å². The minimum atomic E-state index is -5.18. The first-order valence-electron chi connectivity index (χ1n) is 28.0. The second kappa shape index (κ2) is 31.1. The molecule has 7 heterocycles. The summed E-state index contributed by atoms with van der Waals surface area (Å²) in [4.78, 5) is 37.6. The number of carbonyl (C=O) groups is 3. The first kappa shape index (κ1) is 73.5. The number of aliphatic hydroxyl groups excluding tert-OH is 17. The number of amides is 3. The number of hydrogen-bond donors (Lipinski definition) is 21. The van der Waals surface area contributed by atoms with Crippen molar-refractivity contribution in [1.82, 2.24) is 16.0 Å². The molecule has 0 saturated carbocycles. The Morgan fingerprint density at radius 3 is 1.20 bits per heavy atom. The zero-order valence-corrected chi connectivity index (χ0v) is 48.8. The molecule has 7 aliphatic rings. The minimum Gasteiger partial charge on any atom is -0.394 e. The van der Waals surface area contributed by atoms with E-state index in [2.05, 4.69) is 20.1 Å². The molecule has 0 aliphatic carbocycles. The smallest absolute Gasteiger partial charge is 0.394 e. The quantitative estimate of drug-likeness (QED) is 0.0448. The van der Waals surface area contributed by atoms with Crippen molar-refractivity contribution in [3.8, 4) is 0 Å². The summed E-state index contributed by atoms with van der Waals surface area (Å²) in [6, 6.07) is -5.30. The van der Waals surface area contributed by atoms with Gasteiger partial charge in [0.1, 0.15) is 159 Å². The van der Waals surface area contributed by atoms with Crippen LogP contribution in [0.3, 0.4) is 0 Å². The van der Waals surface area contributed by atoms with Crippen LogP contribution in [0.2, 0.25) is 0 Å². The van der Waals surface area contributed by atoms with Crippen molar-refractivity contribution < 1.29 is 180 Å². The predicted molar refractivity (Wildman–Crippen MR) is 274 cm³/mol. The third-order valence-electron chi connectivity index (χ3n) is 15.8. The van der Waals surface area contributed by atoms with Gasteiger partial charge in [-0.3, -0.25) is 18.9 Å². The maximum atomic E-state index is 12.9. The molecule has 7 rings (SSSR count). The number of ether oxygens (including phenoxy) is 13. The topological polar surface area (TPSA) is 615 Å². The lowest BCUT2D eigenvalue weighted by molar-refractivity contribution is -0.411. The summed E-state index contributed by atoms with van der Waals surface area (Å²) in [5.41, 5.74) is 0. The van der Waals surface area contributed by atoms with Crippen LogP contribution in [0.15, 0.2) is 0 Å². The first-order chi connectivity index (χ1) is 41.7. The maximum Gasteiger partial charge on any atom is 0.397 e. The van der Waals surface area contributed by atoms with E-state index in [4.69, 9.17) is 61.6 Å². The standard InChI is InChI=1S/C48H81N3O37S/c1-11-24(57)33(66)36(69)45(78-11)87-40-35(68)27(60)17(7-53)82-47(40)86-39-30(63)19(9-76-43-21(49-13(3)54)31(64)26(59)16(6-52)81-43)84-48(41(39)88-46-37(70)34(67)25(58)12(2)79-46)85-38-23(51-15(5)56)42(71)80-18(29(38)62)8-75-44-22(50-14(4)55)32(65)28(61)20(83-44)10-77-89(72,73)74/h11-12,16-48,52-53,57-71H,6-10H2,1-5H3,(H,49,54)(H,50,55)(H,51,56)(H,72,73,74)/t11-,12-,16+,17+,18+,19+,20+,21+,22+,23+,24+,25+,26+,27-,28+,29-,30-,31+,32+,33+,34+,35-,36-,37-,38+,39-,40+,41+,42-,43+,44+,45-,46-,47-,48-/m0/s1. The van der Waals surface area contributed by atoms with Gasteiger partial charge in [-0.25, -0.2) is 4.18 Å². The van der Waals surface area contributed by atoms with Gasteiger partial charge in [-0.05, 0) is 13.8 Å². The minimum absolute atomic E-state index is 0.806. The van der Waals surface area contributed by atoms with Crippen molar-refractivity contribution >= 4 is 28.1 Å². The molecular weight excluding hydrogens is 1240 g/mol. The summed E-state index contributed by atoms with van der Waals surface area (Å²) in [5, 5.41) is 196. The van der Waals surface area contributed by atoms with Crippen molar-refractivity contribution in [1.29, 1.82) is 0 Å². The predicted octanol–water partition coefficient (Wildman–Crippen LogP) is -14.0. The van der Waals surface area contributed by atoms with Crippen LogP contribution in [-0.2, 0) is 90.5 Å². The SMILES string of the molecule is CC(=O)N[C@@H]1[C@@H](O[C@@H]2O[C@H](CO[C@@H]3O[C@H](CO)[C@@H](O)[C@H](O)[C@H]3NC(C)=O)[C@H](O)[C@H](O[C@@H]3O[C@H](CO)[C@H](O)[C@H](O)[C@H]3O[C@@H]3O[C@@H](C)[C@@H](O)[C@@H](O)[C@@H]3O)[C@H]2O[C@@H]2O[C@@H](C)[C@@H](O)[C@@H](O)[C@@H]2O)[C@@H](O)[C@@H](CO[C@@H]2O[C@H](COS(=O)(=O)O)[C@@H](O)[C@H](O)[C@H]2NC(C)=O)O[C@@H]1O. The van der Waals surface area contributed by atoms with E-state index in [1.807, 2.05) is 0 Å². The van der Waals surface area contributed by atoms with Crippen LogP contribution in [0, 0.1) is 0 Å². The van der Waals surface area contributed by atoms with Gasteiger partial charge in [-0.2, -0.15) is 8.42 Å². The molecule has 0 aromatic heterocycles. The van der Waals surface area contributed by atoms with E-state index in [1.54, 1.807) is 0 Å². The lowest BCUT2D eigenvalue weighted by Crippen LogP contribution is -2.70. The molecule has 0 aromatic rings. The number of hydrogen-bond acceptors (Lipinski definition) is 36. The van der Waals surface area contributed by atoms with Crippen molar-refractivity contribution in [2.75, 3.05) is 33.0 Å². The molecule has 0 unspecified atom stereocenters. The molecule has 40 nitrogen and oxygen atoms in total. The normalized spacial score (nSPS) is 48.3. The molecule has 7 fully saturated rings. The molecule has 41 heteroatoms. The average molecular weight is 1320 g/mol. The highest BCUT2D eigenvalue weighted by Crippen LogP contribution is 2.39. The molecule has 7 aliphatic heterocycles. The van der Waals surface area contributed by atoms with Crippen molar-refractivity contribution in [3.63, 3.8) is 0 Å². The fraction of sp³-hybridized carbons (Fsp3) is 0.938. The van der Waals surface area contributed by atoms with Crippen LogP contribution in [-0.4, -0.2) is 365 Å². The highest BCUT2D eigenvalue weighted by atomic mass is 32.3. The Balaban J connectivity index is 1.31. The lowest BCUT2D eigenvalue weighted by Gasteiger charge is -2.51. The van der Waals surface area contributed by atoms with Crippen LogP contribution in [0.25, 0.3) is 0 Å². The molecule has 0 radical (unpaired) electrons. The third-order valence-corrected chi connectivity index (χ3v) is 16.3. The van der Waals surface area contributed by atoms with E-state index in [0.29, 0.717) is 0 Å². The van der Waals surface area contributed by atoms with Crippen LogP contribution in [0.5, 0.6) is 0 Å². The van der Waals surface area contributed by atoms with Crippen LogP contribution >= 0.6 is 0 Å². The highest BCUT2D eigenvalue weighted by Gasteiger charge is 2.59. The highest BCUT2D eigenvalue weighted by molar-refractivity contribution is 7.80. The Bertz CT molecular complexity index is 2420. The molecule has 0 bridgehead atoms. The molecule has 0 spiro atoms. The Morgan fingerprint density at radius 1 is 0.371 bits per heavy atom. The van der Waals surface area contributed by atoms with E-state index in [-0.39, 0.29) is 0 Å². The molecular formula is C48H81N3O37S. The van der Waals surface area contributed by atoms with Crippen molar-refractivity contribution in [2.45, 2.75) is 249 Å². The second-order valence-corrected chi connectivity index (χ2v) is 23.4. The van der Waals surface area contributed by atoms with E-state index < -0.39 is 276 Å². The summed E-state index contributed by atoms with van der Waals surface area (Å²) in [7, 11) is -5.18. The Morgan fingerprint density at radius 2 is 0.730 bits per heavy atom. The van der Waals surface area contributed by atoms with Gasteiger partial charge in [0, 0.05) is 20.8 Å². The monoisotopic (exact) mass is 1320 g/mol. The summed E-state index contributed by atoms with van der Waals surface area (Å²) in [6.07, 6.45) is -64.4. The molecule has 0 aromatic carbocycles. The fourth-order valence-electron chi connectivity index (χ4n) is 11.0. The number of carbonyl (C=O) groups excluding carboxylic acids is 3. The Kier molecular flexibility index (Phi) is 25.7. The van der Waals surface area contributed by atoms with E-state index >= 15 is 0 Å². The van der Waals surface area contributed by atoms with Crippen LogP contribution < -0.4 is 16.0 Å². The maximum absolute atomic E-state index is 12.9. The largest absolute Gasteiger partial charge is 0.397 e. The Hall–Kier alpha value is -2.92. The summed E-state index contributed by atoms with van der Waals surface area (Å²) >= 11 is 0. The van der Waals surface area contributed by atoms with Crippen molar-refractivity contribution in [2.24, 2.45) is 0 Å². The summed E-state index contributed by atoms with van der Waals surface area (Å²) in [5.74, 6) is -2.59. The van der Waals surface area contributed by atoms with Gasteiger partial charge in [0.2, 0.25) is 17.7 Å². The van der Waals surface area contributed by atoms with Gasteiger partial charge >= 0.3 is 10.4 Å². The van der Waals surface area contributed by atoms with Crippen molar-refractivity contribution in [3.05, 3.63) is 0 Å². The number of aliphatic hydroxyl groups is 17. The summed E-state index contributed by atoms with van der Waals surface area (Å²) in [6.45, 7) is 0.210. The van der Waals surface area contributed by atoms with Gasteiger partial charge in [0.15, 0.2) is 44.0 Å². The molecule has 21 N–H and O–H groups in total. The molecule has 516 valence electrons. The lowest BCUT2D eigenvalue weighted by atomic mass is 9.94. The van der Waals surface area contributed by atoms with Gasteiger partial charge in [-0.15, -0.1) is 0 Å². The first-order valence-corrected chi connectivity index (χ1v) is 29.3. The van der Waals surface area contributed by atoms with Gasteiger partial charge in [0.25, 0.3) is 0 Å². The van der Waals surface area contributed by atoms with E-state index in [1.165, 1.54) is 13.8 Å².